The van der Waals surface area contributed by atoms with Crippen molar-refractivity contribution in [2.45, 2.75) is 76.5 Å². The molecule has 48 heavy (non-hydrogen) atoms. The lowest BCUT2D eigenvalue weighted by molar-refractivity contribution is -0.147. The smallest absolute Gasteiger partial charge is 0.452 e. The maximum absolute atomic E-state index is 14.3. The first-order valence-corrected chi connectivity index (χ1v) is 17.0. The summed E-state index contributed by atoms with van der Waals surface area (Å²) in [6, 6.07) is 4.73. The van der Waals surface area contributed by atoms with Crippen LogP contribution in [-0.4, -0.2) is 74.5 Å². The molecule has 4 aromatic heterocycles. The van der Waals surface area contributed by atoms with Crippen LogP contribution in [-0.2, 0) is 27.5 Å². The number of rotatable bonds is 7. The second-order valence-corrected chi connectivity index (χ2v) is 14.9. The Kier molecular flexibility index (Phi) is 8.38. The number of aromatic nitrogens is 5. The van der Waals surface area contributed by atoms with Gasteiger partial charge in [-0.25, -0.2) is 13.4 Å². The maximum atomic E-state index is 14.3. The van der Waals surface area contributed by atoms with E-state index in [1.807, 2.05) is 0 Å². The average Bonchev–Trinajstić information content (AvgIpc) is 3.46. The average molecular weight is 687 g/mol. The highest BCUT2D eigenvalue weighted by Crippen LogP contribution is 2.44. The normalized spacial score (nSPS) is 19.0. The third kappa shape index (κ3) is 5.63. The maximum Gasteiger partial charge on any atom is 0.452 e. The standard InChI is InChI=1S/C32H37F3N8O4S/c1-18-24(9-11-43-27(18)39-40-29(43)32(33,34)35)26(31(3,4)30(44)45)20-12-21(19(2)37-14-20)16-41-17-23-8-6-7-10-42(23)28-25(48(41,46)47)13-22(36-5)15-38-28/h9,11-15,23,26,36H,6-8,10,16-17H2,1-5H3,(H,44,45)/t23-,26+/m0/s1. The molecule has 6 rings (SSSR count). The number of piperidine rings is 1. The molecule has 0 bridgehead atoms. The first kappa shape index (κ1) is 33.6. The van der Waals surface area contributed by atoms with Crippen molar-refractivity contribution < 1.29 is 31.5 Å². The summed E-state index contributed by atoms with van der Waals surface area (Å²) in [5, 5.41) is 20.5. The SMILES string of the molecule is CNc1cnc2c(c1)S(=O)(=O)N(Cc1cc([C@H](c3ccn4c(C(F)(F)F)nnc4c3C)C(C)(C)C(=O)O)cnc1C)C[C@@H]1CCCCN21. The summed E-state index contributed by atoms with van der Waals surface area (Å²) in [7, 11) is -2.34. The molecule has 16 heteroatoms. The van der Waals surface area contributed by atoms with E-state index >= 15 is 0 Å². The van der Waals surface area contributed by atoms with Crippen LogP contribution >= 0.6 is 0 Å². The molecule has 2 aliphatic rings. The summed E-state index contributed by atoms with van der Waals surface area (Å²) in [5.41, 5.74) is 1.43. The lowest BCUT2D eigenvalue weighted by Gasteiger charge is -2.36. The fraction of sp³-hybridized carbons (Fsp3) is 0.469. The largest absolute Gasteiger partial charge is 0.481 e. The summed E-state index contributed by atoms with van der Waals surface area (Å²) >= 11 is 0. The van der Waals surface area contributed by atoms with Gasteiger partial charge in [-0.15, -0.1) is 10.2 Å². The van der Waals surface area contributed by atoms with Crippen molar-refractivity contribution in [1.82, 2.24) is 28.9 Å². The van der Waals surface area contributed by atoms with Crippen molar-refractivity contribution in [2.24, 2.45) is 5.41 Å². The third-order valence-electron chi connectivity index (χ3n) is 9.65. The minimum atomic E-state index is -4.74. The van der Waals surface area contributed by atoms with Crippen LogP contribution in [0.1, 0.15) is 72.8 Å². The number of carbonyl (C=O) groups is 1. The van der Waals surface area contributed by atoms with Crippen molar-refractivity contribution in [3.05, 3.63) is 70.6 Å². The number of sulfonamides is 1. The number of pyridine rings is 3. The molecule has 6 heterocycles. The Morgan fingerprint density at radius 1 is 1.12 bits per heavy atom. The van der Waals surface area contributed by atoms with Gasteiger partial charge in [-0.1, -0.05) is 6.07 Å². The lowest BCUT2D eigenvalue weighted by Crippen LogP contribution is -2.45. The number of carboxylic acids is 1. The Morgan fingerprint density at radius 3 is 2.56 bits per heavy atom. The highest BCUT2D eigenvalue weighted by atomic mass is 32.2. The van der Waals surface area contributed by atoms with Crippen molar-refractivity contribution >= 4 is 33.1 Å². The number of hydrogen-bond donors (Lipinski definition) is 2. The highest BCUT2D eigenvalue weighted by molar-refractivity contribution is 7.89. The zero-order valence-electron chi connectivity index (χ0n) is 27.2. The number of anilines is 2. The van der Waals surface area contributed by atoms with Gasteiger partial charge in [0, 0.05) is 56.7 Å². The molecule has 2 atom stereocenters. The molecule has 0 aromatic carbocycles. The van der Waals surface area contributed by atoms with E-state index in [-0.39, 0.29) is 29.7 Å². The van der Waals surface area contributed by atoms with Gasteiger partial charge >= 0.3 is 12.1 Å². The number of nitrogens with zero attached hydrogens (tertiary/aromatic N) is 7. The van der Waals surface area contributed by atoms with Gasteiger partial charge in [0.1, 0.15) is 10.7 Å². The van der Waals surface area contributed by atoms with Crippen molar-refractivity contribution in [3.8, 4) is 0 Å². The zero-order valence-corrected chi connectivity index (χ0v) is 28.0. The molecule has 4 aromatic rings. The Hall–Kier alpha value is -4.31. The predicted molar refractivity (Wildman–Crippen MR) is 171 cm³/mol. The molecule has 0 spiro atoms. The van der Waals surface area contributed by atoms with Crippen molar-refractivity contribution in [3.63, 3.8) is 0 Å². The van der Waals surface area contributed by atoms with Crippen LogP contribution < -0.4 is 10.2 Å². The number of aliphatic carboxylic acids is 1. The van der Waals surface area contributed by atoms with Crippen LogP contribution in [0.4, 0.5) is 24.7 Å². The first-order chi connectivity index (χ1) is 22.5. The number of nitrogens with one attached hydrogen (secondary N) is 1. The quantitative estimate of drug-likeness (QED) is 0.272. The number of hydrogen-bond acceptors (Lipinski definition) is 9. The van der Waals surface area contributed by atoms with E-state index in [2.05, 4.69) is 30.4 Å². The van der Waals surface area contributed by atoms with Crippen molar-refractivity contribution in [2.75, 3.05) is 30.4 Å². The molecule has 0 aliphatic carbocycles. The number of aryl methyl sites for hydroxylation is 2. The molecular formula is C32H37F3N8O4S. The summed E-state index contributed by atoms with van der Waals surface area (Å²) in [4.78, 5) is 24.1. The minimum Gasteiger partial charge on any atom is -0.481 e. The number of halogens is 3. The molecule has 1 fully saturated rings. The van der Waals surface area contributed by atoms with Crippen LogP contribution in [0, 0.1) is 19.3 Å². The van der Waals surface area contributed by atoms with Gasteiger partial charge < -0.3 is 15.3 Å². The topological polar surface area (TPSA) is 146 Å². The van der Waals surface area contributed by atoms with Crippen LogP contribution in [0.15, 0.2) is 41.7 Å². The zero-order chi connectivity index (χ0) is 34.8. The first-order valence-electron chi connectivity index (χ1n) is 15.6. The van der Waals surface area contributed by atoms with Crippen LogP contribution in [0.3, 0.4) is 0 Å². The van der Waals surface area contributed by atoms with Gasteiger partial charge in [-0.05, 0) is 81.3 Å². The lowest BCUT2D eigenvalue weighted by atomic mass is 9.70. The van der Waals surface area contributed by atoms with E-state index in [0.717, 1.165) is 23.7 Å². The van der Waals surface area contributed by atoms with Gasteiger partial charge in [-0.2, -0.15) is 17.5 Å². The van der Waals surface area contributed by atoms with Crippen LogP contribution in [0.5, 0.6) is 0 Å². The van der Waals surface area contributed by atoms with Gasteiger partial charge in [0.05, 0.1) is 17.3 Å². The van der Waals surface area contributed by atoms with E-state index in [4.69, 9.17) is 0 Å². The minimum absolute atomic E-state index is 0.0279. The van der Waals surface area contributed by atoms with Crippen molar-refractivity contribution in [1.29, 1.82) is 0 Å². The second kappa shape index (κ2) is 12.0. The molecule has 0 amide bonds. The van der Waals surface area contributed by atoms with Crippen LogP contribution in [0.2, 0.25) is 0 Å². The fourth-order valence-electron chi connectivity index (χ4n) is 6.89. The molecule has 0 radical (unpaired) electrons. The molecule has 0 unspecified atom stereocenters. The number of carboxylic acid groups (broad SMARTS) is 1. The van der Waals surface area contributed by atoms with Gasteiger partial charge in [0.25, 0.3) is 0 Å². The Morgan fingerprint density at radius 2 is 1.88 bits per heavy atom. The molecule has 12 nitrogen and oxygen atoms in total. The van der Waals surface area contributed by atoms with E-state index in [0.29, 0.717) is 46.0 Å². The third-order valence-corrected chi connectivity index (χ3v) is 11.5. The van der Waals surface area contributed by atoms with E-state index in [1.165, 1.54) is 30.4 Å². The molecule has 0 saturated carbocycles. The molecular weight excluding hydrogens is 649 g/mol. The Labute approximate surface area is 276 Å². The number of fused-ring (bicyclic) bond motifs is 4. The highest BCUT2D eigenvalue weighted by Gasteiger charge is 2.43. The summed E-state index contributed by atoms with van der Waals surface area (Å²) in [6.07, 6.45) is 2.31. The van der Waals surface area contributed by atoms with E-state index in [9.17, 15) is 31.5 Å². The van der Waals surface area contributed by atoms with E-state index in [1.54, 1.807) is 45.4 Å². The second-order valence-electron chi connectivity index (χ2n) is 13.0. The predicted octanol–water partition coefficient (Wildman–Crippen LogP) is 5.00. The Bertz CT molecular complexity index is 2010. The molecule has 256 valence electrons. The Balaban J connectivity index is 1.46. The molecule has 2 N–H and O–H groups in total. The summed E-state index contributed by atoms with van der Waals surface area (Å²) < 4.78 is 71.7. The summed E-state index contributed by atoms with van der Waals surface area (Å²) in [5.74, 6) is -2.78. The molecule has 2 aliphatic heterocycles. The van der Waals surface area contributed by atoms with Gasteiger partial charge in [0.15, 0.2) is 5.65 Å². The summed E-state index contributed by atoms with van der Waals surface area (Å²) in [6.45, 7) is 7.30. The van der Waals surface area contributed by atoms with Gasteiger partial charge in [0.2, 0.25) is 15.8 Å². The number of alkyl halides is 3. The fourth-order valence-corrected chi connectivity index (χ4v) is 8.52. The van der Waals surface area contributed by atoms with E-state index < -0.39 is 39.3 Å². The molecule has 1 saturated heterocycles. The van der Waals surface area contributed by atoms with Crippen LogP contribution in [0.25, 0.3) is 5.65 Å². The monoisotopic (exact) mass is 686 g/mol. The van der Waals surface area contributed by atoms with Gasteiger partial charge in [-0.3, -0.25) is 14.2 Å².